The average molecular weight is 265 g/mol. The fourth-order valence-electron chi connectivity index (χ4n) is 4.18. The van der Waals surface area contributed by atoms with Crippen LogP contribution in [-0.2, 0) is 14.1 Å². The van der Waals surface area contributed by atoms with Crippen LogP contribution in [0.25, 0.3) is 0 Å². The van der Waals surface area contributed by atoms with Crippen LogP contribution in [0.4, 0.5) is 0 Å². The zero-order valence-electron chi connectivity index (χ0n) is 12.3. The normalized spacial score (nSPS) is 40.3. The molecule has 5 heteroatoms. The van der Waals surface area contributed by atoms with Gasteiger partial charge in [0.25, 0.3) is 0 Å². The van der Waals surface area contributed by atoms with E-state index in [1.54, 1.807) is 6.92 Å². The van der Waals surface area contributed by atoms with E-state index in [1.165, 1.54) is 6.42 Å². The van der Waals surface area contributed by atoms with Crippen molar-refractivity contribution in [1.29, 1.82) is 0 Å². The van der Waals surface area contributed by atoms with Gasteiger partial charge in [-0.05, 0) is 36.5 Å². The van der Waals surface area contributed by atoms with Crippen LogP contribution in [0.2, 0.25) is 0 Å². The molecule has 4 fully saturated rings. The molecule has 3 saturated carbocycles. The second-order valence-corrected chi connectivity index (χ2v) is 6.96. The Morgan fingerprint density at radius 3 is 2.74 bits per heavy atom. The van der Waals surface area contributed by atoms with Gasteiger partial charge in [0.2, 0.25) is 5.91 Å². The van der Waals surface area contributed by atoms with Gasteiger partial charge in [0.05, 0.1) is 18.1 Å². The highest BCUT2D eigenvalue weighted by atomic mass is 16.7. The molecule has 19 heavy (non-hydrogen) atoms. The molecule has 1 unspecified atom stereocenters. The third-order valence-corrected chi connectivity index (χ3v) is 5.58. The molecule has 5 atom stereocenters. The van der Waals surface area contributed by atoms with Gasteiger partial charge in [0.1, 0.15) is 0 Å². The Hall–Kier alpha value is -0.545. The number of hydrogen-bond acceptors (Lipinski definition) is 3. The summed E-state index contributed by atoms with van der Waals surface area (Å²) in [7, 11) is -0.265. The van der Waals surface area contributed by atoms with Gasteiger partial charge < -0.3 is 14.6 Å². The summed E-state index contributed by atoms with van der Waals surface area (Å²) < 4.78 is 12.2. The predicted octanol–water partition coefficient (Wildman–Crippen LogP) is 1.78. The Morgan fingerprint density at radius 1 is 1.42 bits per heavy atom. The third kappa shape index (κ3) is 2.02. The molecule has 0 aromatic heterocycles. The zero-order valence-corrected chi connectivity index (χ0v) is 12.3. The second-order valence-electron chi connectivity index (χ2n) is 6.96. The van der Waals surface area contributed by atoms with Gasteiger partial charge in [0, 0.05) is 6.92 Å². The molecule has 1 heterocycles. The maximum Gasteiger partial charge on any atom is 0.481 e. The molecular weight excluding hydrogens is 241 g/mol. The summed E-state index contributed by atoms with van der Waals surface area (Å²) in [5.74, 6) is 1.36. The van der Waals surface area contributed by atoms with Gasteiger partial charge in [-0.15, -0.1) is 0 Å². The van der Waals surface area contributed by atoms with Crippen molar-refractivity contribution in [3.8, 4) is 0 Å². The molecule has 4 aliphatic rings. The smallest absolute Gasteiger partial charge is 0.404 e. The van der Waals surface area contributed by atoms with E-state index in [2.05, 4.69) is 26.1 Å². The molecular formula is C14H24BNO3. The summed E-state index contributed by atoms with van der Waals surface area (Å²) in [6.45, 7) is 8.30. The first-order chi connectivity index (χ1) is 8.93. The summed E-state index contributed by atoms with van der Waals surface area (Å²) in [5, 5.41) is 2.94. The Labute approximate surface area is 115 Å². The Balaban J connectivity index is 1.68. The lowest BCUT2D eigenvalue weighted by Gasteiger charge is -2.60. The van der Waals surface area contributed by atoms with Crippen LogP contribution < -0.4 is 5.32 Å². The minimum Gasteiger partial charge on any atom is -0.404 e. The van der Waals surface area contributed by atoms with E-state index in [4.69, 9.17) is 9.31 Å². The molecule has 0 aromatic carbocycles. The van der Waals surface area contributed by atoms with Gasteiger partial charge in [0.15, 0.2) is 0 Å². The van der Waals surface area contributed by atoms with Crippen LogP contribution in [0.5, 0.6) is 0 Å². The Kier molecular flexibility index (Phi) is 3.17. The molecule has 1 aliphatic heterocycles. The van der Waals surface area contributed by atoms with E-state index >= 15 is 0 Å². The minimum absolute atomic E-state index is 0.0152. The van der Waals surface area contributed by atoms with Crippen LogP contribution in [0.3, 0.4) is 0 Å². The number of hydrogen-bond donors (Lipinski definition) is 1. The van der Waals surface area contributed by atoms with Gasteiger partial charge in [-0.25, -0.2) is 0 Å². The van der Waals surface area contributed by atoms with Gasteiger partial charge in [-0.2, -0.15) is 0 Å². The van der Waals surface area contributed by atoms with E-state index in [1.807, 2.05) is 0 Å². The average Bonchev–Trinajstić information content (AvgIpc) is 2.78. The quantitative estimate of drug-likeness (QED) is 0.791. The Bertz CT molecular complexity index is 387. The molecule has 1 saturated heterocycles. The van der Waals surface area contributed by atoms with Crippen molar-refractivity contribution in [3.63, 3.8) is 0 Å². The first kappa shape index (κ1) is 13.4. The molecule has 106 valence electrons. The SMILES string of the molecule is CC[C@H](NC(C)=O)B1OC2[C@H]3C[C@@H](C[C@H]2O1)C3(C)C. The molecule has 4 nitrogen and oxygen atoms in total. The molecule has 0 radical (unpaired) electrons. The van der Waals surface area contributed by atoms with Crippen molar-refractivity contribution in [3.05, 3.63) is 0 Å². The molecule has 1 N–H and O–H groups in total. The lowest BCUT2D eigenvalue weighted by molar-refractivity contribution is -0.150. The van der Waals surface area contributed by atoms with Crippen LogP contribution in [0, 0.1) is 17.3 Å². The summed E-state index contributed by atoms with van der Waals surface area (Å²) >= 11 is 0. The van der Waals surface area contributed by atoms with Crippen molar-refractivity contribution in [2.24, 2.45) is 17.3 Å². The van der Waals surface area contributed by atoms with Gasteiger partial charge in [-0.1, -0.05) is 20.8 Å². The van der Waals surface area contributed by atoms with E-state index in [-0.39, 0.29) is 31.2 Å². The van der Waals surface area contributed by atoms with Crippen molar-refractivity contribution < 1.29 is 14.1 Å². The third-order valence-electron chi connectivity index (χ3n) is 5.58. The van der Waals surface area contributed by atoms with Crippen LogP contribution >= 0.6 is 0 Å². The number of nitrogens with one attached hydrogen (secondary N) is 1. The fourth-order valence-corrected chi connectivity index (χ4v) is 4.18. The molecule has 1 amide bonds. The van der Waals surface area contributed by atoms with Crippen LogP contribution in [0.1, 0.15) is 47.0 Å². The van der Waals surface area contributed by atoms with Crippen LogP contribution in [0.15, 0.2) is 0 Å². The fraction of sp³-hybridized carbons (Fsp3) is 0.929. The highest BCUT2D eigenvalue weighted by molar-refractivity contribution is 6.47. The summed E-state index contributed by atoms with van der Waals surface area (Å²) in [5.41, 5.74) is 0.398. The monoisotopic (exact) mass is 265 g/mol. The van der Waals surface area contributed by atoms with E-state index in [0.29, 0.717) is 11.3 Å². The number of carbonyl (C=O) groups excluding carboxylic acids is 1. The maximum absolute atomic E-state index is 11.2. The standard InChI is InChI=1S/C14H24BNO3/c1-5-12(16-8(2)17)15-18-11-7-9-6-10(13(11)19-15)14(9,3)4/h9-13H,5-7H2,1-4H3,(H,16,17)/t9-,10+,11+,12-,13?/m0/s1. The van der Waals surface area contributed by atoms with E-state index in [9.17, 15) is 4.79 Å². The number of carbonyl (C=O) groups is 1. The predicted molar refractivity (Wildman–Crippen MR) is 73.4 cm³/mol. The highest BCUT2D eigenvalue weighted by Gasteiger charge is 2.62. The summed E-state index contributed by atoms with van der Waals surface area (Å²) in [4.78, 5) is 11.2. The maximum atomic E-state index is 11.2. The zero-order chi connectivity index (χ0) is 13.8. The van der Waals surface area contributed by atoms with Crippen molar-refractivity contribution in [2.45, 2.75) is 65.1 Å². The molecule has 0 aromatic rings. The molecule has 4 rings (SSSR count). The number of rotatable bonds is 3. The first-order valence-electron chi connectivity index (χ1n) is 7.51. The lowest BCUT2D eigenvalue weighted by Crippen LogP contribution is -2.59. The summed E-state index contributed by atoms with van der Waals surface area (Å²) in [6, 6.07) is 0. The molecule has 0 spiro atoms. The topological polar surface area (TPSA) is 47.6 Å². The van der Waals surface area contributed by atoms with Crippen molar-refractivity contribution >= 4 is 13.0 Å². The van der Waals surface area contributed by atoms with Crippen LogP contribution in [-0.4, -0.2) is 31.2 Å². The highest BCUT2D eigenvalue weighted by Crippen LogP contribution is 2.61. The number of amides is 1. The van der Waals surface area contributed by atoms with Crippen molar-refractivity contribution in [2.75, 3.05) is 0 Å². The largest absolute Gasteiger partial charge is 0.481 e. The minimum atomic E-state index is -0.265. The van der Waals surface area contributed by atoms with E-state index < -0.39 is 0 Å². The van der Waals surface area contributed by atoms with Gasteiger partial charge in [-0.3, -0.25) is 4.79 Å². The summed E-state index contributed by atoms with van der Waals surface area (Å²) in [6.07, 6.45) is 3.70. The second kappa shape index (κ2) is 4.49. The molecule has 3 aliphatic carbocycles. The Morgan fingerprint density at radius 2 is 2.16 bits per heavy atom. The van der Waals surface area contributed by atoms with E-state index in [0.717, 1.165) is 18.8 Å². The lowest BCUT2D eigenvalue weighted by atomic mass is 9.47. The molecule has 2 bridgehead atoms. The first-order valence-corrected chi connectivity index (χ1v) is 7.51. The van der Waals surface area contributed by atoms with Gasteiger partial charge >= 0.3 is 7.12 Å². The van der Waals surface area contributed by atoms with Crippen molar-refractivity contribution in [1.82, 2.24) is 5.32 Å².